The van der Waals surface area contributed by atoms with Crippen molar-refractivity contribution in [2.75, 3.05) is 14.2 Å². The van der Waals surface area contributed by atoms with Gasteiger partial charge in [0.15, 0.2) is 11.5 Å². The maximum atomic E-state index is 12.3. The van der Waals surface area contributed by atoms with E-state index in [0.717, 1.165) is 4.70 Å². The van der Waals surface area contributed by atoms with E-state index in [0.29, 0.717) is 27.3 Å². The minimum absolute atomic E-state index is 0.0181. The number of benzene rings is 2. The summed E-state index contributed by atoms with van der Waals surface area (Å²) in [4.78, 5) is 23.1. The molecule has 3 rings (SSSR count). The van der Waals surface area contributed by atoms with E-state index in [-0.39, 0.29) is 5.69 Å². The number of carbonyl (C=O) groups excluding carboxylic acids is 1. The Morgan fingerprint density at radius 1 is 1.22 bits per heavy atom. The topological polar surface area (TPSA) is 103 Å². The van der Waals surface area contributed by atoms with Gasteiger partial charge in [-0.1, -0.05) is 6.07 Å². The molecule has 0 saturated carbocycles. The molecule has 138 valence electrons. The number of amides is 1. The van der Waals surface area contributed by atoms with Gasteiger partial charge in [-0.05, 0) is 24.3 Å². The molecule has 9 heteroatoms. The average molecular weight is 385 g/mol. The number of hydrogen-bond donors (Lipinski definition) is 1. The zero-order valence-electron chi connectivity index (χ0n) is 14.5. The number of thiophene rings is 1. The molecular formula is C18H15N3O5S. The number of nitro benzene ring substituents is 1. The number of ether oxygens (including phenoxy) is 2. The minimum Gasteiger partial charge on any atom is -0.493 e. The van der Waals surface area contributed by atoms with Crippen molar-refractivity contribution >= 4 is 39.2 Å². The molecule has 0 spiro atoms. The van der Waals surface area contributed by atoms with Gasteiger partial charge in [0.2, 0.25) is 0 Å². The highest BCUT2D eigenvalue weighted by Gasteiger charge is 2.13. The number of nitrogens with zero attached hydrogens (tertiary/aromatic N) is 2. The third-order valence-electron chi connectivity index (χ3n) is 3.74. The second-order valence-corrected chi connectivity index (χ2v) is 6.46. The zero-order chi connectivity index (χ0) is 19.4. The molecule has 0 fully saturated rings. The van der Waals surface area contributed by atoms with Crippen molar-refractivity contribution in [3.8, 4) is 11.5 Å². The fourth-order valence-corrected chi connectivity index (χ4v) is 3.42. The van der Waals surface area contributed by atoms with Crippen molar-refractivity contribution in [3.05, 3.63) is 63.0 Å². The van der Waals surface area contributed by atoms with Crippen molar-refractivity contribution in [2.24, 2.45) is 5.10 Å². The first-order valence-corrected chi connectivity index (χ1v) is 8.57. The first-order valence-electron chi connectivity index (χ1n) is 7.76. The highest BCUT2D eigenvalue weighted by atomic mass is 32.1. The first-order chi connectivity index (χ1) is 13.0. The quantitative estimate of drug-likeness (QED) is 0.397. The van der Waals surface area contributed by atoms with E-state index in [1.165, 1.54) is 43.9 Å². The molecular weight excluding hydrogens is 370 g/mol. The average Bonchev–Trinajstić information content (AvgIpc) is 3.10. The van der Waals surface area contributed by atoms with Gasteiger partial charge in [0.25, 0.3) is 11.6 Å². The number of fused-ring (bicyclic) bond motifs is 1. The van der Waals surface area contributed by atoms with E-state index in [4.69, 9.17) is 9.47 Å². The van der Waals surface area contributed by atoms with E-state index in [1.54, 1.807) is 30.3 Å². The predicted octanol–water partition coefficient (Wildman–Crippen LogP) is 3.59. The van der Waals surface area contributed by atoms with Crippen LogP contribution in [-0.4, -0.2) is 31.3 Å². The molecule has 0 atom stereocenters. The predicted molar refractivity (Wildman–Crippen MR) is 103 cm³/mol. The lowest BCUT2D eigenvalue weighted by molar-refractivity contribution is -0.384. The van der Waals surface area contributed by atoms with Crippen LogP contribution >= 0.6 is 11.3 Å². The van der Waals surface area contributed by atoms with Crippen molar-refractivity contribution in [2.45, 2.75) is 0 Å². The molecule has 2 aromatic carbocycles. The SMILES string of the molecule is COc1cccc(C=NNC(=O)c2cc3cc([N+](=O)[O-])ccc3s2)c1OC. The van der Waals surface area contributed by atoms with Crippen molar-refractivity contribution in [3.63, 3.8) is 0 Å². The molecule has 27 heavy (non-hydrogen) atoms. The van der Waals surface area contributed by atoms with Crippen LogP contribution in [-0.2, 0) is 0 Å². The van der Waals surface area contributed by atoms with Crippen LogP contribution in [0.3, 0.4) is 0 Å². The molecule has 0 bridgehead atoms. The lowest BCUT2D eigenvalue weighted by Crippen LogP contribution is -2.16. The van der Waals surface area contributed by atoms with E-state index in [1.807, 2.05) is 0 Å². The van der Waals surface area contributed by atoms with Crippen LogP contribution in [0.4, 0.5) is 5.69 Å². The Kier molecular flexibility index (Phi) is 5.32. The highest BCUT2D eigenvalue weighted by molar-refractivity contribution is 7.20. The molecule has 0 aliphatic heterocycles. The van der Waals surface area contributed by atoms with Crippen LogP contribution in [0.15, 0.2) is 47.6 Å². The number of nitrogens with one attached hydrogen (secondary N) is 1. The number of non-ortho nitro benzene ring substituents is 1. The molecule has 1 amide bonds. The summed E-state index contributed by atoms with van der Waals surface area (Å²) in [5.41, 5.74) is 3.07. The van der Waals surface area contributed by atoms with Crippen LogP contribution in [0.25, 0.3) is 10.1 Å². The van der Waals surface area contributed by atoms with Gasteiger partial charge in [-0.2, -0.15) is 5.10 Å². The van der Waals surface area contributed by atoms with E-state index in [9.17, 15) is 14.9 Å². The monoisotopic (exact) mass is 385 g/mol. The summed E-state index contributed by atoms with van der Waals surface area (Å²) in [6.45, 7) is 0. The van der Waals surface area contributed by atoms with Gasteiger partial charge in [-0.25, -0.2) is 5.43 Å². The zero-order valence-corrected chi connectivity index (χ0v) is 15.3. The summed E-state index contributed by atoms with van der Waals surface area (Å²) in [7, 11) is 3.05. The summed E-state index contributed by atoms with van der Waals surface area (Å²) in [5, 5.41) is 15.4. The van der Waals surface area contributed by atoms with Gasteiger partial charge in [-0.15, -0.1) is 11.3 Å². The van der Waals surface area contributed by atoms with Crippen molar-refractivity contribution < 1.29 is 19.2 Å². The Labute approximate surface area is 158 Å². The number of carbonyl (C=O) groups is 1. The summed E-state index contributed by atoms with van der Waals surface area (Å²) >= 11 is 1.23. The van der Waals surface area contributed by atoms with Gasteiger partial charge in [0.05, 0.1) is 30.2 Å². The Hall–Kier alpha value is -3.46. The fourth-order valence-electron chi connectivity index (χ4n) is 2.49. The summed E-state index contributed by atoms with van der Waals surface area (Å²) in [6.07, 6.45) is 1.46. The molecule has 0 aliphatic rings. The largest absolute Gasteiger partial charge is 0.493 e. The number of hydrazone groups is 1. The third kappa shape index (κ3) is 3.87. The molecule has 1 N–H and O–H groups in total. The van der Waals surface area contributed by atoms with Gasteiger partial charge >= 0.3 is 0 Å². The first kappa shape index (κ1) is 18.3. The highest BCUT2D eigenvalue weighted by Crippen LogP contribution is 2.30. The minimum atomic E-state index is -0.470. The smallest absolute Gasteiger partial charge is 0.281 e. The standard InChI is InChI=1S/C18H15N3O5S/c1-25-14-5-3-4-11(17(14)26-2)10-19-20-18(22)16-9-12-8-13(21(23)24)6-7-15(12)27-16/h3-10H,1-2H3,(H,20,22). The van der Waals surface area contributed by atoms with Crippen LogP contribution in [0, 0.1) is 10.1 Å². The Bertz CT molecular complexity index is 1040. The Balaban J connectivity index is 1.77. The molecule has 0 radical (unpaired) electrons. The maximum absolute atomic E-state index is 12.3. The summed E-state index contributed by atoms with van der Waals surface area (Å²) in [6, 6.07) is 11.4. The third-order valence-corrected chi connectivity index (χ3v) is 4.85. The lowest BCUT2D eigenvalue weighted by Gasteiger charge is -2.09. The second kappa shape index (κ2) is 7.83. The van der Waals surface area contributed by atoms with Crippen LogP contribution in [0.5, 0.6) is 11.5 Å². The Morgan fingerprint density at radius 2 is 2.04 bits per heavy atom. The molecule has 8 nitrogen and oxygen atoms in total. The summed E-state index contributed by atoms with van der Waals surface area (Å²) < 4.78 is 11.3. The molecule has 1 aromatic heterocycles. The van der Waals surface area contributed by atoms with Crippen molar-refractivity contribution in [1.82, 2.24) is 5.43 Å². The van der Waals surface area contributed by atoms with Gasteiger partial charge in [-0.3, -0.25) is 14.9 Å². The Morgan fingerprint density at radius 3 is 2.74 bits per heavy atom. The molecule has 3 aromatic rings. The number of rotatable bonds is 6. The van der Waals surface area contributed by atoms with Crippen molar-refractivity contribution in [1.29, 1.82) is 0 Å². The van der Waals surface area contributed by atoms with Crippen LogP contribution in [0.2, 0.25) is 0 Å². The molecule has 1 heterocycles. The molecule has 0 unspecified atom stereocenters. The van der Waals surface area contributed by atoms with Gasteiger partial charge in [0, 0.05) is 27.8 Å². The number of hydrogen-bond acceptors (Lipinski definition) is 7. The number of para-hydroxylation sites is 1. The maximum Gasteiger partial charge on any atom is 0.281 e. The van der Waals surface area contributed by atoms with Gasteiger partial charge < -0.3 is 9.47 Å². The molecule has 0 saturated heterocycles. The van der Waals surface area contributed by atoms with E-state index >= 15 is 0 Å². The van der Waals surface area contributed by atoms with E-state index in [2.05, 4.69) is 10.5 Å². The summed E-state index contributed by atoms with van der Waals surface area (Å²) in [5.74, 6) is 0.656. The number of methoxy groups -OCH3 is 2. The van der Waals surface area contributed by atoms with Crippen LogP contribution < -0.4 is 14.9 Å². The van der Waals surface area contributed by atoms with E-state index < -0.39 is 10.8 Å². The lowest BCUT2D eigenvalue weighted by atomic mass is 10.2. The second-order valence-electron chi connectivity index (χ2n) is 5.37. The van der Waals surface area contributed by atoms with Gasteiger partial charge in [0.1, 0.15) is 0 Å². The normalized spacial score (nSPS) is 10.9. The fraction of sp³-hybridized carbons (Fsp3) is 0.111. The number of nitro groups is 1. The van der Waals surface area contributed by atoms with Crippen LogP contribution in [0.1, 0.15) is 15.2 Å². The molecule has 0 aliphatic carbocycles.